The third-order valence-corrected chi connectivity index (χ3v) is 5.95. The van der Waals surface area contributed by atoms with Crippen molar-refractivity contribution in [2.75, 3.05) is 44.0 Å². The Kier molecular flexibility index (Phi) is 5.65. The van der Waals surface area contributed by atoms with Crippen LogP contribution in [0, 0.1) is 0 Å². The maximum absolute atomic E-state index is 13.0. The predicted octanol–water partition coefficient (Wildman–Crippen LogP) is 3.11. The fourth-order valence-electron chi connectivity index (χ4n) is 3.14. The molecule has 0 atom stereocenters. The molecule has 0 spiro atoms. The number of methoxy groups -OCH3 is 3. The molecule has 1 N–H and O–H groups in total. The molecule has 2 aromatic rings. The molecule has 0 radical (unpaired) electrons. The van der Waals surface area contributed by atoms with Gasteiger partial charge in [0.25, 0.3) is 10.0 Å². The zero-order valence-corrected chi connectivity index (χ0v) is 16.5. The molecule has 3 rings (SSSR count). The van der Waals surface area contributed by atoms with E-state index in [9.17, 15) is 8.42 Å². The number of nitrogens with zero attached hydrogens (tertiary/aromatic N) is 1. The highest BCUT2D eigenvalue weighted by molar-refractivity contribution is 7.92. The van der Waals surface area contributed by atoms with Crippen molar-refractivity contribution in [3.63, 3.8) is 0 Å². The fourth-order valence-corrected chi connectivity index (χ4v) is 4.39. The molecule has 1 aliphatic heterocycles. The summed E-state index contributed by atoms with van der Waals surface area (Å²) in [7, 11) is 0.500. The summed E-state index contributed by atoms with van der Waals surface area (Å²) < 4.78 is 44.4. The van der Waals surface area contributed by atoms with Crippen molar-refractivity contribution in [2.24, 2.45) is 0 Å². The third-order valence-electron chi connectivity index (χ3n) is 4.56. The van der Waals surface area contributed by atoms with Gasteiger partial charge >= 0.3 is 0 Å². The third kappa shape index (κ3) is 4.05. The zero-order chi connectivity index (χ0) is 19.4. The van der Waals surface area contributed by atoms with Crippen LogP contribution in [0.25, 0.3) is 0 Å². The first-order valence-electron chi connectivity index (χ1n) is 8.66. The summed E-state index contributed by atoms with van der Waals surface area (Å²) in [5, 5.41) is 0. The first kappa shape index (κ1) is 19.2. The van der Waals surface area contributed by atoms with E-state index >= 15 is 0 Å². The minimum atomic E-state index is -3.92. The summed E-state index contributed by atoms with van der Waals surface area (Å²) in [6.45, 7) is 1.92. The number of hydrogen-bond donors (Lipinski definition) is 1. The number of ether oxygens (including phenoxy) is 3. The summed E-state index contributed by atoms with van der Waals surface area (Å²) in [5.74, 6) is 1.11. The topological polar surface area (TPSA) is 77.1 Å². The minimum Gasteiger partial charge on any atom is -0.497 e. The number of rotatable bonds is 7. The zero-order valence-electron chi connectivity index (χ0n) is 15.7. The van der Waals surface area contributed by atoms with E-state index in [1.807, 2.05) is 6.07 Å². The largest absolute Gasteiger partial charge is 0.497 e. The maximum atomic E-state index is 13.0. The Morgan fingerprint density at radius 3 is 2.19 bits per heavy atom. The van der Waals surface area contributed by atoms with E-state index in [4.69, 9.17) is 14.2 Å². The van der Waals surface area contributed by atoms with E-state index in [1.165, 1.54) is 27.4 Å². The van der Waals surface area contributed by atoms with Gasteiger partial charge in [-0.1, -0.05) is 0 Å². The lowest BCUT2D eigenvalue weighted by Crippen LogP contribution is -2.19. The number of benzene rings is 2. The van der Waals surface area contributed by atoms with Crippen molar-refractivity contribution < 1.29 is 22.6 Å². The van der Waals surface area contributed by atoms with Crippen LogP contribution in [0.4, 0.5) is 11.4 Å². The molecule has 0 amide bonds. The summed E-state index contributed by atoms with van der Waals surface area (Å²) in [6.07, 6.45) is 2.27. The first-order valence-corrected chi connectivity index (χ1v) is 10.1. The molecular weight excluding hydrogens is 368 g/mol. The Labute approximate surface area is 159 Å². The summed E-state index contributed by atoms with van der Waals surface area (Å²) >= 11 is 0. The number of nitrogens with one attached hydrogen (secondary N) is 1. The number of hydrogen-bond acceptors (Lipinski definition) is 6. The number of sulfonamides is 1. The van der Waals surface area contributed by atoms with Crippen LogP contribution in [-0.2, 0) is 10.0 Å². The Morgan fingerprint density at radius 2 is 1.56 bits per heavy atom. The van der Waals surface area contributed by atoms with Crippen LogP contribution in [0.15, 0.2) is 41.3 Å². The van der Waals surface area contributed by atoms with E-state index in [0.29, 0.717) is 17.2 Å². The lowest BCUT2D eigenvalue weighted by Gasteiger charge is -2.20. The van der Waals surface area contributed by atoms with Crippen LogP contribution >= 0.6 is 0 Å². The van der Waals surface area contributed by atoms with E-state index in [2.05, 4.69) is 9.62 Å². The molecule has 0 bridgehead atoms. The van der Waals surface area contributed by atoms with Gasteiger partial charge in [-0.25, -0.2) is 8.42 Å². The predicted molar refractivity (Wildman–Crippen MR) is 105 cm³/mol. The van der Waals surface area contributed by atoms with Crippen LogP contribution in [0.2, 0.25) is 0 Å². The van der Waals surface area contributed by atoms with Gasteiger partial charge in [-0.15, -0.1) is 0 Å². The molecule has 0 unspecified atom stereocenters. The molecule has 8 heteroatoms. The standard InChI is InChI=1S/C19H24N2O5S/c1-24-15-7-9-18(26-3)19(13-15)27(22,23)20-16-12-14(6-8-17(16)25-2)21-10-4-5-11-21/h6-9,12-13,20H,4-5,10-11H2,1-3H3. The van der Waals surface area contributed by atoms with Crippen LogP contribution in [0.1, 0.15) is 12.8 Å². The highest BCUT2D eigenvalue weighted by Crippen LogP contribution is 2.35. The molecule has 7 nitrogen and oxygen atoms in total. The molecule has 0 aromatic heterocycles. The van der Waals surface area contributed by atoms with Gasteiger partial charge in [0.2, 0.25) is 0 Å². The van der Waals surface area contributed by atoms with Gasteiger partial charge in [-0.2, -0.15) is 0 Å². The number of anilines is 2. The summed E-state index contributed by atoms with van der Waals surface area (Å²) in [5.41, 5.74) is 1.34. The molecule has 146 valence electrons. The second-order valence-corrected chi connectivity index (χ2v) is 7.85. The molecule has 1 aliphatic rings. The second-order valence-electron chi connectivity index (χ2n) is 6.20. The summed E-state index contributed by atoms with van der Waals surface area (Å²) in [4.78, 5) is 2.22. The van der Waals surface area contributed by atoms with E-state index in [1.54, 1.807) is 24.3 Å². The molecule has 1 fully saturated rings. The van der Waals surface area contributed by atoms with Gasteiger partial charge in [-0.3, -0.25) is 4.72 Å². The molecule has 0 aliphatic carbocycles. The highest BCUT2D eigenvalue weighted by atomic mass is 32.2. The van der Waals surface area contributed by atoms with Crippen LogP contribution in [0.3, 0.4) is 0 Å². The average molecular weight is 392 g/mol. The van der Waals surface area contributed by atoms with Crippen LogP contribution in [0.5, 0.6) is 17.2 Å². The van der Waals surface area contributed by atoms with E-state index in [0.717, 1.165) is 31.6 Å². The van der Waals surface area contributed by atoms with Gasteiger partial charge in [0, 0.05) is 24.8 Å². The van der Waals surface area contributed by atoms with Crippen molar-refractivity contribution in [1.29, 1.82) is 0 Å². The first-order chi connectivity index (χ1) is 13.0. The normalized spacial score (nSPS) is 14.1. The van der Waals surface area contributed by atoms with Gasteiger partial charge in [0.1, 0.15) is 22.1 Å². The van der Waals surface area contributed by atoms with Crippen molar-refractivity contribution in [3.05, 3.63) is 36.4 Å². The van der Waals surface area contributed by atoms with Gasteiger partial charge in [0.05, 0.1) is 27.0 Å². The Morgan fingerprint density at radius 1 is 0.889 bits per heavy atom. The molecule has 2 aromatic carbocycles. The van der Waals surface area contributed by atoms with Gasteiger partial charge < -0.3 is 19.1 Å². The monoisotopic (exact) mass is 392 g/mol. The quantitative estimate of drug-likeness (QED) is 0.780. The van der Waals surface area contributed by atoms with Crippen molar-refractivity contribution >= 4 is 21.4 Å². The molecule has 27 heavy (non-hydrogen) atoms. The average Bonchev–Trinajstić information content (AvgIpc) is 3.22. The highest BCUT2D eigenvalue weighted by Gasteiger charge is 2.23. The Hall–Kier alpha value is -2.61. The van der Waals surface area contributed by atoms with E-state index in [-0.39, 0.29) is 10.6 Å². The smallest absolute Gasteiger partial charge is 0.265 e. The Bertz CT molecular complexity index is 908. The van der Waals surface area contributed by atoms with Crippen molar-refractivity contribution in [3.8, 4) is 17.2 Å². The molecule has 0 saturated carbocycles. The fraction of sp³-hybridized carbons (Fsp3) is 0.368. The lowest BCUT2D eigenvalue weighted by atomic mass is 10.2. The van der Waals surface area contributed by atoms with Crippen molar-refractivity contribution in [2.45, 2.75) is 17.7 Å². The maximum Gasteiger partial charge on any atom is 0.265 e. The SMILES string of the molecule is COc1ccc(OC)c(S(=O)(=O)Nc2cc(N3CCCC3)ccc2OC)c1. The van der Waals surface area contributed by atoms with Gasteiger partial charge in [0.15, 0.2) is 0 Å². The van der Waals surface area contributed by atoms with Crippen molar-refractivity contribution in [1.82, 2.24) is 0 Å². The molecule has 1 heterocycles. The van der Waals surface area contributed by atoms with E-state index < -0.39 is 10.0 Å². The van der Waals surface area contributed by atoms with Crippen LogP contribution in [-0.4, -0.2) is 42.8 Å². The second kappa shape index (κ2) is 7.96. The van der Waals surface area contributed by atoms with Crippen LogP contribution < -0.4 is 23.8 Å². The Balaban J connectivity index is 1.99. The molecule has 1 saturated heterocycles. The van der Waals surface area contributed by atoms with Gasteiger partial charge in [-0.05, 0) is 43.2 Å². The summed E-state index contributed by atoms with van der Waals surface area (Å²) in [6, 6.07) is 10.1. The minimum absolute atomic E-state index is 0.00187. The molecular formula is C19H24N2O5S. The lowest BCUT2D eigenvalue weighted by molar-refractivity contribution is 0.392.